The first-order valence-corrected chi connectivity index (χ1v) is 3.53. The van der Waals surface area contributed by atoms with E-state index in [2.05, 4.69) is 11.6 Å². The molecular weight excluding hydrogens is 152 g/mol. The third-order valence-electron chi connectivity index (χ3n) is 1.44. The molecule has 0 atom stereocenters. The van der Waals surface area contributed by atoms with Crippen LogP contribution >= 0.6 is 0 Å². The minimum Gasteiger partial charge on any atom is -0.397 e. The Morgan fingerprint density at radius 1 is 1.67 bits per heavy atom. The molecule has 1 heterocycles. The van der Waals surface area contributed by atoms with Crippen molar-refractivity contribution < 1.29 is 4.79 Å². The number of nitrogen functional groups attached to an aromatic ring is 1. The fourth-order valence-corrected chi connectivity index (χ4v) is 0.810. The molecule has 12 heavy (non-hydrogen) atoms. The fourth-order valence-electron chi connectivity index (χ4n) is 0.810. The lowest BCUT2D eigenvalue weighted by molar-refractivity contribution is 0.103. The molecule has 0 saturated heterocycles. The zero-order chi connectivity index (χ0) is 9.14. The maximum Gasteiger partial charge on any atom is 0.208 e. The average molecular weight is 162 g/mol. The molecule has 2 N–H and O–H groups in total. The van der Waals surface area contributed by atoms with Gasteiger partial charge in [-0.1, -0.05) is 6.58 Å². The summed E-state index contributed by atoms with van der Waals surface area (Å²) in [5.74, 6) is -0.201. The van der Waals surface area contributed by atoms with Crippen LogP contribution in [0, 0.1) is 0 Å². The summed E-state index contributed by atoms with van der Waals surface area (Å²) in [6.45, 7) is 5.16. The summed E-state index contributed by atoms with van der Waals surface area (Å²) >= 11 is 0. The van der Waals surface area contributed by atoms with Crippen LogP contribution in [0.3, 0.4) is 0 Å². The highest BCUT2D eigenvalue weighted by Crippen LogP contribution is 2.10. The predicted molar refractivity (Wildman–Crippen MR) is 47.8 cm³/mol. The van der Waals surface area contributed by atoms with Crippen molar-refractivity contribution >= 4 is 11.5 Å². The molecule has 0 unspecified atom stereocenters. The third kappa shape index (κ3) is 1.50. The number of pyridine rings is 1. The van der Waals surface area contributed by atoms with Crippen LogP contribution < -0.4 is 5.73 Å². The summed E-state index contributed by atoms with van der Waals surface area (Å²) in [7, 11) is 0. The van der Waals surface area contributed by atoms with Crippen molar-refractivity contribution in [2.24, 2.45) is 0 Å². The standard InChI is InChI=1S/C9H10N2O/c1-6(2)9(12)8-7(10)4-3-5-11-8/h3-5H,1,10H2,2H3. The van der Waals surface area contributed by atoms with Crippen LogP contribution in [0.1, 0.15) is 17.4 Å². The Labute approximate surface area is 70.9 Å². The molecule has 0 amide bonds. The Balaban J connectivity index is 3.11. The van der Waals surface area contributed by atoms with Gasteiger partial charge in [0.1, 0.15) is 5.69 Å². The Hall–Kier alpha value is -1.64. The van der Waals surface area contributed by atoms with Crippen LogP contribution in [-0.4, -0.2) is 10.8 Å². The van der Waals surface area contributed by atoms with E-state index in [0.29, 0.717) is 11.3 Å². The normalized spacial score (nSPS) is 9.42. The number of hydrogen-bond acceptors (Lipinski definition) is 3. The number of Topliss-reactive ketones (excluding diaryl/α,β-unsaturated/α-hetero) is 1. The Morgan fingerprint density at radius 2 is 2.33 bits per heavy atom. The zero-order valence-corrected chi connectivity index (χ0v) is 6.87. The maximum atomic E-state index is 11.3. The molecule has 3 nitrogen and oxygen atoms in total. The van der Waals surface area contributed by atoms with Gasteiger partial charge in [0, 0.05) is 6.20 Å². The molecule has 0 fully saturated rings. The van der Waals surface area contributed by atoms with Crippen molar-refractivity contribution in [3.05, 3.63) is 36.2 Å². The summed E-state index contributed by atoms with van der Waals surface area (Å²) in [5, 5.41) is 0. The van der Waals surface area contributed by atoms with Gasteiger partial charge in [-0.3, -0.25) is 9.78 Å². The predicted octanol–water partition coefficient (Wildman–Crippen LogP) is 1.42. The highest BCUT2D eigenvalue weighted by Gasteiger charge is 2.10. The summed E-state index contributed by atoms with van der Waals surface area (Å²) in [5.41, 5.74) is 6.66. The quantitative estimate of drug-likeness (QED) is 0.528. The molecule has 0 aliphatic rings. The molecule has 0 saturated carbocycles. The molecule has 1 aromatic heterocycles. The van der Waals surface area contributed by atoms with E-state index in [4.69, 9.17) is 5.73 Å². The molecule has 3 heteroatoms. The number of carbonyl (C=O) groups is 1. The number of rotatable bonds is 2. The minimum atomic E-state index is -0.201. The Kier molecular flexibility index (Phi) is 2.24. The molecule has 1 aromatic rings. The second-order valence-corrected chi connectivity index (χ2v) is 2.55. The van der Waals surface area contributed by atoms with E-state index in [1.807, 2.05) is 0 Å². The zero-order valence-electron chi connectivity index (χ0n) is 6.87. The van der Waals surface area contributed by atoms with Crippen molar-refractivity contribution in [2.45, 2.75) is 6.92 Å². The monoisotopic (exact) mass is 162 g/mol. The highest BCUT2D eigenvalue weighted by molar-refractivity contribution is 6.09. The second-order valence-electron chi connectivity index (χ2n) is 2.55. The number of aromatic nitrogens is 1. The van der Waals surface area contributed by atoms with Gasteiger partial charge < -0.3 is 5.73 Å². The Morgan fingerprint density at radius 3 is 2.83 bits per heavy atom. The number of allylic oxidation sites excluding steroid dienone is 1. The van der Waals surface area contributed by atoms with Crippen LogP contribution in [0.5, 0.6) is 0 Å². The van der Waals surface area contributed by atoms with Gasteiger partial charge in [0.05, 0.1) is 5.69 Å². The van der Waals surface area contributed by atoms with E-state index in [1.54, 1.807) is 19.1 Å². The number of nitrogens with two attached hydrogens (primary N) is 1. The van der Waals surface area contributed by atoms with E-state index in [9.17, 15) is 4.79 Å². The number of nitrogens with zero attached hydrogens (tertiary/aromatic N) is 1. The number of anilines is 1. The third-order valence-corrected chi connectivity index (χ3v) is 1.44. The Bertz CT molecular complexity index is 331. The van der Waals surface area contributed by atoms with Gasteiger partial charge in [-0.2, -0.15) is 0 Å². The van der Waals surface area contributed by atoms with Gasteiger partial charge in [0.2, 0.25) is 5.78 Å². The molecular formula is C9H10N2O. The topological polar surface area (TPSA) is 56.0 Å². The van der Waals surface area contributed by atoms with Crippen LogP contribution in [0.4, 0.5) is 5.69 Å². The SMILES string of the molecule is C=C(C)C(=O)c1ncccc1N. The average Bonchev–Trinajstić information content (AvgIpc) is 2.04. The molecule has 62 valence electrons. The molecule has 0 aliphatic heterocycles. The summed E-state index contributed by atoms with van der Waals surface area (Å²) in [4.78, 5) is 15.2. The molecule has 0 radical (unpaired) electrons. The van der Waals surface area contributed by atoms with Gasteiger partial charge in [0.15, 0.2) is 0 Å². The second kappa shape index (κ2) is 3.17. The van der Waals surface area contributed by atoms with Crippen LogP contribution in [0.25, 0.3) is 0 Å². The first-order valence-electron chi connectivity index (χ1n) is 3.53. The number of ketones is 1. The smallest absolute Gasteiger partial charge is 0.208 e. The van der Waals surface area contributed by atoms with Crippen LogP contribution in [-0.2, 0) is 0 Å². The molecule has 0 aromatic carbocycles. The number of hydrogen-bond donors (Lipinski definition) is 1. The van der Waals surface area contributed by atoms with E-state index in [0.717, 1.165) is 0 Å². The largest absolute Gasteiger partial charge is 0.397 e. The van der Waals surface area contributed by atoms with E-state index >= 15 is 0 Å². The van der Waals surface area contributed by atoms with Crippen LogP contribution in [0.2, 0.25) is 0 Å². The lowest BCUT2D eigenvalue weighted by atomic mass is 10.1. The van der Waals surface area contributed by atoms with E-state index < -0.39 is 0 Å². The van der Waals surface area contributed by atoms with Crippen molar-refractivity contribution in [1.82, 2.24) is 4.98 Å². The van der Waals surface area contributed by atoms with Gasteiger partial charge in [0.25, 0.3) is 0 Å². The number of carbonyl (C=O) groups excluding carboxylic acids is 1. The fraction of sp³-hybridized carbons (Fsp3) is 0.111. The van der Waals surface area contributed by atoms with Crippen LogP contribution in [0.15, 0.2) is 30.5 Å². The van der Waals surface area contributed by atoms with Gasteiger partial charge in [-0.15, -0.1) is 0 Å². The lowest BCUT2D eigenvalue weighted by Gasteiger charge is -2.00. The summed E-state index contributed by atoms with van der Waals surface area (Å²) in [6.07, 6.45) is 1.53. The molecule has 1 rings (SSSR count). The van der Waals surface area contributed by atoms with Crippen molar-refractivity contribution in [2.75, 3.05) is 5.73 Å². The molecule has 0 spiro atoms. The lowest BCUT2D eigenvalue weighted by Crippen LogP contribution is -2.06. The highest BCUT2D eigenvalue weighted by atomic mass is 16.1. The molecule has 0 bridgehead atoms. The summed E-state index contributed by atoms with van der Waals surface area (Å²) < 4.78 is 0. The van der Waals surface area contributed by atoms with Gasteiger partial charge >= 0.3 is 0 Å². The minimum absolute atomic E-state index is 0.201. The molecule has 0 aliphatic carbocycles. The maximum absolute atomic E-state index is 11.3. The summed E-state index contributed by atoms with van der Waals surface area (Å²) in [6, 6.07) is 3.33. The van der Waals surface area contributed by atoms with Gasteiger partial charge in [-0.05, 0) is 24.6 Å². The van der Waals surface area contributed by atoms with Crippen molar-refractivity contribution in [1.29, 1.82) is 0 Å². The first-order chi connectivity index (χ1) is 5.63. The van der Waals surface area contributed by atoms with Gasteiger partial charge in [-0.25, -0.2) is 0 Å². The van der Waals surface area contributed by atoms with E-state index in [-0.39, 0.29) is 11.5 Å². The van der Waals surface area contributed by atoms with Crippen molar-refractivity contribution in [3.63, 3.8) is 0 Å². The van der Waals surface area contributed by atoms with E-state index in [1.165, 1.54) is 6.20 Å². The first kappa shape index (κ1) is 8.46. The van der Waals surface area contributed by atoms with Crippen molar-refractivity contribution in [3.8, 4) is 0 Å².